The number of nitrogens with one attached hydrogen (secondary N) is 2. The highest BCUT2D eigenvalue weighted by Gasteiger charge is 2.27. The van der Waals surface area contributed by atoms with E-state index in [4.69, 9.17) is 0 Å². The molecule has 0 bridgehead atoms. The molecule has 2 atom stereocenters. The van der Waals surface area contributed by atoms with Crippen LogP contribution in [0.5, 0.6) is 0 Å². The molecule has 23 heavy (non-hydrogen) atoms. The quantitative estimate of drug-likeness (QED) is 0.557. The highest BCUT2D eigenvalue weighted by Crippen LogP contribution is 2.38. The lowest BCUT2D eigenvalue weighted by Crippen LogP contribution is -2.17. The van der Waals surface area contributed by atoms with Crippen molar-refractivity contribution >= 4 is 26.7 Å². The van der Waals surface area contributed by atoms with Crippen LogP contribution >= 0.6 is 0 Å². The molecule has 0 spiro atoms. The monoisotopic (exact) mass is 340 g/mol. The second-order valence-electron chi connectivity index (χ2n) is 6.20. The van der Waals surface area contributed by atoms with Crippen molar-refractivity contribution in [1.29, 1.82) is 0 Å². The van der Waals surface area contributed by atoms with Gasteiger partial charge in [0.25, 0.3) is 0 Å². The number of rotatable bonds is 5. The summed E-state index contributed by atoms with van der Waals surface area (Å²) in [6.45, 7) is 1.95. The molecule has 1 unspecified atom stereocenters. The maximum Gasteiger partial charge on any atom is 0.335 e. The number of hydrogen-bond acceptors (Lipinski definition) is 6. The molecule has 8 nitrogen and oxygen atoms in total. The molecule has 2 aromatic heterocycles. The van der Waals surface area contributed by atoms with E-state index in [1.54, 1.807) is 6.92 Å². The van der Waals surface area contributed by atoms with Gasteiger partial charge in [-0.2, -0.15) is 19.3 Å². The van der Waals surface area contributed by atoms with Crippen LogP contribution in [-0.4, -0.2) is 52.6 Å². The number of hydrogen-bond donors (Lipinski definition) is 3. The molecule has 126 valence electrons. The van der Waals surface area contributed by atoms with Crippen LogP contribution in [0.2, 0.25) is 0 Å². The van der Waals surface area contributed by atoms with E-state index in [1.807, 2.05) is 0 Å². The van der Waals surface area contributed by atoms with Crippen molar-refractivity contribution in [3.8, 4) is 0 Å². The summed E-state index contributed by atoms with van der Waals surface area (Å²) in [6, 6.07) is 0. The molecule has 0 aliphatic heterocycles. The van der Waals surface area contributed by atoms with Crippen LogP contribution in [0, 0.1) is 0 Å². The molecule has 1 saturated carbocycles. The van der Waals surface area contributed by atoms with Gasteiger partial charge in [-0.25, -0.2) is 4.21 Å². The van der Waals surface area contributed by atoms with E-state index in [1.165, 1.54) is 19.1 Å². The maximum atomic E-state index is 11.9. The zero-order chi connectivity index (χ0) is 16.6. The van der Waals surface area contributed by atoms with E-state index >= 15 is 0 Å². The Morgan fingerprint density at radius 3 is 2.74 bits per heavy atom. The first kappa shape index (κ1) is 16.1. The summed E-state index contributed by atoms with van der Waals surface area (Å²) in [6.07, 6.45) is 5.14. The van der Waals surface area contributed by atoms with Crippen molar-refractivity contribution in [2.24, 2.45) is 0 Å². The Kier molecular flexibility index (Phi) is 4.24. The van der Waals surface area contributed by atoms with E-state index in [9.17, 15) is 13.5 Å². The molecule has 4 N–H and O–H groups in total. The normalized spacial score (nSPS) is 19.8. The molecular formula is C14H22N5O3S+. The lowest BCUT2D eigenvalue weighted by atomic mass is 10.0. The first-order valence-electron chi connectivity index (χ1n) is 7.76. The average Bonchev–Trinajstić information content (AvgIpc) is 3.11. The molecule has 0 saturated heterocycles. The third-order valence-electron chi connectivity index (χ3n) is 4.09. The summed E-state index contributed by atoms with van der Waals surface area (Å²) in [4.78, 5) is 8.37. The summed E-state index contributed by atoms with van der Waals surface area (Å²) in [5.41, 5.74) is 1.35. The Morgan fingerprint density at radius 1 is 1.43 bits per heavy atom. The van der Waals surface area contributed by atoms with Crippen LogP contribution in [0.25, 0.3) is 11.0 Å². The van der Waals surface area contributed by atoms with E-state index < -0.39 is 15.9 Å². The van der Waals surface area contributed by atoms with E-state index in [2.05, 4.69) is 25.5 Å². The fraction of sp³-hybridized carbons (Fsp3) is 0.643. The molecule has 1 aliphatic rings. The lowest BCUT2D eigenvalue weighted by molar-refractivity contribution is 0.208. The number of aliphatic hydroxyl groups excluding tert-OH is 1. The van der Waals surface area contributed by atoms with Crippen LogP contribution in [0.1, 0.15) is 44.2 Å². The van der Waals surface area contributed by atoms with Crippen molar-refractivity contribution in [2.75, 3.05) is 18.1 Å². The van der Waals surface area contributed by atoms with E-state index in [-0.39, 0.29) is 11.7 Å². The number of anilines is 1. The highest BCUT2D eigenvalue weighted by molar-refractivity contribution is 7.90. The fourth-order valence-electron chi connectivity index (χ4n) is 2.98. The highest BCUT2D eigenvalue weighted by atomic mass is 32.2. The standard InChI is InChI=1S/C14H21N5O3S/c1-8(20)7-15-12-10-11(9-5-3-4-6-9)18-19-13(10)17-14(16-12)23(2,21)22/h8-9,20H,3-7H2,1-2H3,(H2,15,16,17,18,19)/p+1/t8-/m0/s1. The van der Waals surface area contributed by atoms with Gasteiger partial charge in [0.05, 0.1) is 23.4 Å². The molecule has 1 aliphatic carbocycles. The minimum atomic E-state index is -3.29. The maximum absolute atomic E-state index is 11.9. The molecular weight excluding hydrogens is 318 g/mol. The van der Waals surface area contributed by atoms with Crippen LogP contribution in [-0.2, 0) is 9.84 Å². The molecule has 2 heterocycles. The van der Waals surface area contributed by atoms with Gasteiger partial charge in [0.2, 0.25) is 0 Å². The van der Waals surface area contributed by atoms with Gasteiger partial charge in [0.1, 0.15) is 5.82 Å². The summed E-state index contributed by atoms with van der Waals surface area (Å²) >= 11 is 0. The van der Waals surface area contributed by atoms with Crippen molar-refractivity contribution in [3.63, 3.8) is 0 Å². The fourth-order valence-corrected chi connectivity index (χ4v) is 3.50. The number of H-pyrrole nitrogens is 1. The zero-order valence-electron chi connectivity index (χ0n) is 13.2. The third kappa shape index (κ3) is 3.30. The molecule has 2 aromatic rings. The largest absolute Gasteiger partial charge is 0.392 e. The number of aliphatic hydroxyl groups is 1. The third-order valence-corrected chi connectivity index (χ3v) is 4.95. The minimum absolute atomic E-state index is 0.150. The van der Waals surface area contributed by atoms with E-state index in [0.717, 1.165) is 23.9 Å². The van der Waals surface area contributed by atoms with Gasteiger partial charge in [-0.05, 0) is 19.8 Å². The van der Waals surface area contributed by atoms with Crippen molar-refractivity contribution < 1.29 is 13.5 Å². The zero-order valence-corrected chi connectivity index (χ0v) is 14.1. The summed E-state index contributed by atoms with van der Waals surface area (Å²) in [7, 11) is -3.29. The van der Waals surface area contributed by atoms with Crippen molar-refractivity contribution in [1.82, 2.24) is 20.2 Å². The average molecular weight is 340 g/mol. The smallest absolute Gasteiger partial charge is 0.335 e. The second-order valence-corrected chi connectivity index (χ2v) is 8.17. The second kappa shape index (κ2) is 6.04. The Balaban J connectivity index is 2.13. The summed E-state index contributed by atoms with van der Waals surface area (Å²) < 4.78 is 21.7. The number of aromatic amines is 1. The predicted molar refractivity (Wildman–Crippen MR) is 87.3 cm³/mol. The van der Waals surface area contributed by atoms with Crippen LogP contribution in [0.3, 0.4) is 0 Å². The first-order chi connectivity index (χ1) is 10.9. The number of nitrogens with zero attached hydrogens (tertiary/aromatic N) is 3. The van der Waals surface area contributed by atoms with Crippen molar-refractivity contribution in [2.45, 2.75) is 49.8 Å². The number of fused-ring (bicyclic) bond motifs is 1. The summed E-state index contributed by atoms with van der Waals surface area (Å²) in [5, 5.41) is 20.4. The van der Waals surface area contributed by atoms with Gasteiger partial charge in [0.15, 0.2) is 5.65 Å². The van der Waals surface area contributed by atoms with Gasteiger partial charge in [-0.3, -0.25) is 5.10 Å². The Bertz CT molecular complexity index is 809. The first-order valence-corrected chi connectivity index (χ1v) is 9.68. The molecule has 1 fully saturated rings. The predicted octanol–water partition coefficient (Wildman–Crippen LogP) is 1.36. The lowest BCUT2D eigenvalue weighted by Gasteiger charge is -2.12. The Hall–Kier alpha value is -1.74. The molecule has 9 heteroatoms. The van der Waals surface area contributed by atoms with Gasteiger partial charge < -0.3 is 10.4 Å². The van der Waals surface area contributed by atoms with Gasteiger partial charge >= 0.3 is 15.0 Å². The van der Waals surface area contributed by atoms with Crippen LogP contribution in [0.4, 0.5) is 5.82 Å². The molecule has 0 aromatic carbocycles. The minimum Gasteiger partial charge on any atom is -0.392 e. The molecule has 3 rings (SSSR count). The van der Waals surface area contributed by atoms with Crippen LogP contribution < -0.4 is 5.32 Å². The SMILES string of the molecule is C[C@H](O)CNc1nc(S(C)(=O)=[OH+])nc2n[nH]c(C3CCCC3)c12. The molecule has 0 amide bonds. The topological polar surface area (TPSA) is 125 Å². The Labute approximate surface area is 134 Å². The van der Waals surface area contributed by atoms with E-state index in [0.29, 0.717) is 17.4 Å². The van der Waals surface area contributed by atoms with Crippen molar-refractivity contribution in [3.05, 3.63) is 5.69 Å². The number of aromatic nitrogens is 4. The Morgan fingerprint density at radius 2 is 2.13 bits per heavy atom. The van der Waals surface area contributed by atoms with Crippen LogP contribution in [0.15, 0.2) is 5.16 Å². The van der Waals surface area contributed by atoms with Gasteiger partial charge in [0, 0.05) is 12.5 Å². The summed E-state index contributed by atoms with van der Waals surface area (Å²) in [5.74, 6) is 0.826. The van der Waals surface area contributed by atoms with Gasteiger partial charge in [-0.1, -0.05) is 12.8 Å². The van der Waals surface area contributed by atoms with Gasteiger partial charge in [-0.15, -0.1) is 0 Å². The molecule has 0 radical (unpaired) electrons.